The number of amides is 1. The lowest BCUT2D eigenvalue weighted by Crippen LogP contribution is -2.39. The SMILES string of the molecule is CC1CC=C(c2ccc3cn(C4CC4)nc3c2)N(C(=O)OC(C)(C)C)C1. The Balaban J connectivity index is 1.66. The van der Waals surface area contributed by atoms with Crippen LogP contribution in [0.25, 0.3) is 16.6 Å². The zero-order chi connectivity index (χ0) is 18.5. The molecule has 138 valence electrons. The molecule has 0 N–H and O–H groups in total. The summed E-state index contributed by atoms with van der Waals surface area (Å²) in [5, 5.41) is 5.88. The number of aromatic nitrogens is 2. The van der Waals surface area contributed by atoms with Gasteiger partial charge in [-0.1, -0.05) is 25.1 Å². The normalized spacial score (nSPS) is 21.0. The largest absolute Gasteiger partial charge is 0.443 e. The topological polar surface area (TPSA) is 47.4 Å². The summed E-state index contributed by atoms with van der Waals surface area (Å²) in [6, 6.07) is 6.84. The average molecular weight is 353 g/mol. The van der Waals surface area contributed by atoms with Crippen LogP contribution < -0.4 is 0 Å². The van der Waals surface area contributed by atoms with Crippen molar-refractivity contribution in [1.82, 2.24) is 14.7 Å². The van der Waals surface area contributed by atoms with Crippen molar-refractivity contribution in [2.24, 2.45) is 5.92 Å². The minimum Gasteiger partial charge on any atom is -0.443 e. The summed E-state index contributed by atoms with van der Waals surface area (Å²) < 4.78 is 7.72. The van der Waals surface area contributed by atoms with Crippen molar-refractivity contribution in [2.75, 3.05) is 6.54 Å². The van der Waals surface area contributed by atoms with E-state index in [4.69, 9.17) is 9.84 Å². The molecule has 5 heteroatoms. The first kappa shape index (κ1) is 17.1. The Hall–Kier alpha value is -2.30. The van der Waals surface area contributed by atoms with E-state index in [0.29, 0.717) is 18.5 Å². The van der Waals surface area contributed by atoms with Gasteiger partial charge in [-0.15, -0.1) is 0 Å². The van der Waals surface area contributed by atoms with Crippen molar-refractivity contribution in [1.29, 1.82) is 0 Å². The number of ether oxygens (including phenoxy) is 1. The molecule has 2 aliphatic rings. The van der Waals surface area contributed by atoms with Gasteiger partial charge in [0.05, 0.1) is 17.3 Å². The Kier molecular flexibility index (Phi) is 4.05. The zero-order valence-electron chi connectivity index (χ0n) is 16.0. The summed E-state index contributed by atoms with van der Waals surface area (Å²) in [5.74, 6) is 0.420. The molecule has 1 aromatic carbocycles. The molecule has 0 saturated heterocycles. The number of carbonyl (C=O) groups is 1. The summed E-state index contributed by atoms with van der Waals surface area (Å²) in [7, 11) is 0. The van der Waals surface area contributed by atoms with E-state index in [9.17, 15) is 4.79 Å². The number of carbonyl (C=O) groups excluding carboxylic acids is 1. The molecule has 1 amide bonds. The summed E-state index contributed by atoms with van der Waals surface area (Å²) >= 11 is 0. The summed E-state index contributed by atoms with van der Waals surface area (Å²) in [6.07, 6.45) is 7.39. The van der Waals surface area contributed by atoms with Crippen molar-refractivity contribution in [3.8, 4) is 0 Å². The Bertz CT molecular complexity index is 871. The standard InChI is InChI=1S/C21H27N3O2/c1-14-5-10-19(23(12-14)20(25)26-21(2,3)4)15-6-7-16-13-24(17-8-9-17)22-18(16)11-15/h6-7,10-11,13-14,17H,5,8-9,12H2,1-4H3. The second-order valence-electron chi connectivity index (χ2n) is 8.64. The Labute approximate surface area is 154 Å². The van der Waals surface area contributed by atoms with E-state index >= 15 is 0 Å². The number of hydrogen-bond acceptors (Lipinski definition) is 3. The lowest BCUT2D eigenvalue weighted by molar-refractivity contribution is 0.0327. The highest BCUT2D eigenvalue weighted by molar-refractivity contribution is 5.87. The van der Waals surface area contributed by atoms with Gasteiger partial charge in [0.25, 0.3) is 0 Å². The van der Waals surface area contributed by atoms with Gasteiger partial charge in [0.2, 0.25) is 0 Å². The fourth-order valence-electron chi connectivity index (χ4n) is 3.39. The monoisotopic (exact) mass is 353 g/mol. The fourth-order valence-corrected chi connectivity index (χ4v) is 3.39. The molecule has 1 aliphatic carbocycles. The van der Waals surface area contributed by atoms with Gasteiger partial charge in [-0.3, -0.25) is 9.58 Å². The van der Waals surface area contributed by atoms with Crippen molar-refractivity contribution < 1.29 is 9.53 Å². The van der Waals surface area contributed by atoms with Crippen LogP contribution in [0, 0.1) is 5.92 Å². The predicted octanol–water partition coefficient (Wildman–Crippen LogP) is 4.99. The van der Waals surface area contributed by atoms with Crippen LogP contribution in [0.2, 0.25) is 0 Å². The summed E-state index contributed by atoms with van der Waals surface area (Å²) in [4.78, 5) is 14.5. The van der Waals surface area contributed by atoms with Crippen molar-refractivity contribution in [3.63, 3.8) is 0 Å². The van der Waals surface area contributed by atoms with Crippen LogP contribution in [0.15, 0.2) is 30.5 Å². The molecule has 26 heavy (non-hydrogen) atoms. The van der Waals surface area contributed by atoms with Crippen LogP contribution in [0.5, 0.6) is 0 Å². The number of nitrogens with zero attached hydrogens (tertiary/aromatic N) is 3. The second kappa shape index (κ2) is 6.15. The van der Waals surface area contributed by atoms with Crippen LogP contribution >= 0.6 is 0 Å². The van der Waals surface area contributed by atoms with Crippen molar-refractivity contribution in [3.05, 3.63) is 36.0 Å². The Morgan fingerprint density at radius 3 is 2.73 bits per heavy atom. The van der Waals surface area contributed by atoms with Gasteiger partial charge in [-0.2, -0.15) is 5.10 Å². The first-order chi connectivity index (χ1) is 12.3. The maximum absolute atomic E-state index is 12.8. The van der Waals surface area contributed by atoms with Gasteiger partial charge in [0.1, 0.15) is 5.60 Å². The highest BCUT2D eigenvalue weighted by Gasteiger charge is 2.30. The van der Waals surface area contributed by atoms with Gasteiger partial charge in [-0.25, -0.2) is 4.79 Å². The molecule has 4 rings (SSSR count). The van der Waals surface area contributed by atoms with Crippen LogP contribution in [-0.2, 0) is 4.74 Å². The molecule has 1 atom stereocenters. The summed E-state index contributed by atoms with van der Waals surface area (Å²) in [5.41, 5.74) is 2.44. The number of benzene rings is 1. The molecule has 0 spiro atoms. The molecule has 5 nitrogen and oxygen atoms in total. The van der Waals surface area contributed by atoms with E-state index in [1.54, 1.807) is 4.90 Å². The number of allylic oxidation sites excluding steroid dienone is 1. The van der Waals surface area contributed by atoms with Crippen molar-refractivity contribution >= 4 is 22.7 Å². The highest BCUT2D eigenvalue weighted by atomic mass is 16.6. The Morgan fingerprint density at radius 1 is 1.27 bits per heavy atom. The molecule has 0 bridgehead atoms. The minimum absolute atomic E-state index is 0.279. The van der Waals surface area contributed by atoms with Crippen LogP contribution in [0.3, 0.4) is 0 Å². The number of hydrogen-bond donors (Lipinski definition) is 0. The van der Waals surface area contributed by atoms with Gasteiger partial charge < -0.3 is 4.74 Å². The molecular weight excluding hydrogens is 326 g/mol. The molecule has 1 saturated carbocycles. The third kappa shape index (κ3) is 3.48. The maximum atomic E-state index is 12.8. The van der Waals surface area contributed by atoms with E-state index in [0.717, 1.165) is 28.6 Å². The van der Waals surface area contributed by atoms with Gasteiger partial charge >= 0.3 is 6.09 Å². The molecule has 1 unspecified atom stereocenters. The predicted molar refractivity (Wildman–Crippen MR) is 103 cm³/mol. The van der Waals surface area contributed by atoms with Gasteiger partial charge in [-0.05, 0) is 52.0 Å². The lowest BCUT2D eigenvalue weighted by atomic mass is 9.98. The molecule has 1 aliphatic heterocycles. The van der Waals surface area contributed by atoms with E-state index in [1.807, 2.05) is 20.8 Å². The van der Waals surface area contributed by atoms with Crippen LogP contribution in [0.4, 0.5) is 4.79 Å². The smallest absolute Gasteiger partial charge is 0.414 e. The number of fused-ring (bicyclic) bond motifs is 1. The molecule has 1 aromatic heterocycles. The number of rotatable bonds is 2. The van der Waals surface area contributed by atoms with Crippen LogP contribution in [0.1, 0.15) is 58.6 Å². The second-order valence-corrected chi connectivity index (χ2v) is 8.64. The summed E-state index contributed by atoms with van der Waals surface area (Å²) in [6.45, 7) is 8.54. The van der Waals surface area contributed by atoms with Gasteiger partial charge in [0, 0.05) is 23.7 Å². The molecule has 2 aromatic rings. The lowest BCUT2D eigenvalue weighted by Gasteiger charge is -2.33. The first-order valence-electron chi connectivity index (χ1n) is 9.50. The quantitative estimate of drug-likeness (QED) is 0.764. The van der Waals surface area contributed by atoms with E-state index in [2.05, 4.69) is 42.1 Å². The van der Waals surface area contributed by atoms with Crippen LogP contribution in [-0.4, -0.2) is 32.9 Å². The highest BCUT2D eigenvalue weighted by Crippen LogP contribution is 2.36. The molecular formula is C21H27N3O2. The fraction of sp³-hybridized carbons (Fsp3) is 0.524. The van der Waals surface area contributed by atoms with E-state index in [1.165, 1.54) is 12.8 Å². The molecule has 0 radical (unpaired) electrons. The van der Waals surface area contributed by atoms with Crippen molar-refractivity contribution in [2.45, 2.75) is 58.6 Å². The third-order valence-electron chi connectivity index (χ3n) is 4.85. The molecule has 1 fully saturated rings. The first-order valence-corrected chi connectivity index (χ1v) is 9.50. The average Bonchev–Trinajstić information content (AvgIpc) is 3.32. The van der Waals surface area contributed by atoms with Gasteiger partial charge in [0.15, 0.2) is 0 Å². The van der Waals surface area contributed by atoms with E-state index in [-0.39, 0.29) is 6.09 Å². The third-order valence-corrected chi connectivity index (χ3v) is 4.85. The molecule has 2 heterocycles. The van der Waals surface area contributed by atoms with E-state index < -0.39 is 5.60 Å². The Morgan fingerprint density at radius 2 is 2.04 bits per heavy atom. The zero-order valence-corrected chi connectivity index (χ0v) is 16.0. The minimum atomic E-state index is -0.504. The maximum Gasteiger partial charge on any atom is 0.414 e.